The summed E-state index contributed by atoms with van der Waals surface area (Å²) in [6, 6.07) is 12.9. The van der Waals surface area contributed by atoms with Crippen molar-refractivity contribution < 1.29 is 14.4 Å². The molecule has 2 amide bonds. The number of rotatable bonds is 9. The van der Waals surface area contributed by atoms with Crippen molar-refractivity contribution in [2.45, 2.75) is 46.6 Å². The van der Waals surface area contributed by atoms with Crippen molar-refractivity contribution >= 4 is 41.6 Å². The van der Waals surface area contributed by atoms with E-state index >= 15 is 0 Å². The molecule has 0 aliphatic carbocycles. The van der Waals surface area contributed by atoms with Crippen LogP contribution in [0.25, 0.3) is 0 Å². The van der Waals surface area contributed by atoms with E-state index < -0.39 is 11.9 Å². The highest BCUT2D eigenvalue weighted by atomic mass is 32.1. The molecule has 1 unspecified atom stereocenters. The molecule has 0 saturated heterocycles. The van der Waals surface area contributed by atoms with Gasteiger partial charge in [-0.05, 0) is 36.0 Å². The number of hydrogen-bond acceptors (Lipinski definition) is 5. The molecular weight excluding hydrogens is 422 g/mol. The predicted octanol–water partition coefficient (Wildman–Crippen LogP) is 4.51. The summed E-state index contributed by atoms with van der Waals surface area (Å²) in [5, 5.41) is 5.58. The third-order valence-electron chi connectivity index (χ3n) is 4.87. The van der Waals surface area contributed by atoms with Crippen LogP contribution in [-0.2, 0) is 9.59 Å². The highest BCUT2D eigenvalue weighted by molar-refractivity contribution is 7.80. The Morgan fingerprint density at radius 1 is 1.03 bits per heavy atom. The van der Waals surface area contributed by atoms with Crippen molar-refractivity contribution in [3.63, 3.8) is 0 Å². The standard InChI is InChI=1S/C25H33N3O3S/c1-16(14-25(2,3)4)12-22(29)28-21-11-10-18(27-24(31)20(26)15-32)13-19(21)23(30)17-8-6-5-7-9-17/h5-11,13,16,20,32H,12,14-15,26H2,1-4H3,(H,27,31)(H,28,29)/t16?,20-/m0/s1. The lowest BCUT2D eigenvalue weighted by atomic mass is 9.84. The van der Waals surface area contributed by atoms with Gasteiger partial charge in [-0.1, -0.05) is 58.0 Å². The van der Waals surface area contributed by atoms with Gasteiger partial charge in [0.15, 0.2) is 5.78 Å². The second-order valence-corrected chi connectivity index (χ2v) is 9.72. The molecule has 0 saturated carbocycles. The molecule has 0 radical (unpaired) electrons. The van der Waals surface area contributed by atoms with Crippen LogP contribution in [0.2, 0.25) is 0 Å². The Morgan fingerprint density at radius 3 is 2.28 bits per heavy atom. The topological polar surface area (TPSA) is 101 Å². The lowest BCUT2D eigenvalue weighted by molar-refractivity contribution is -0.117. The van der Waals surface area contributed by atoms with E-state index in [0.717, 1.165) is 6.42 Å². The molecule has 2 rings (SSSR count). The molecule has 0 bridgehead atoms. The van der Waals surface area contributed by atoms with E-state index in [-0.39, 0.29) is 28.8 Å². The molecule has 2 atom stereocenters. The van der Waals surface area contributed by atoms with Crippen LogP contribution in [0.5, 0.6) is 0 Å². The van der Waals surface area contributed by atoms with Crippen LogP contribution in [0.15, 0.2) is 48.5 Å². The number of benzene rings is 2. The average Bonchev–Trinajstić information content (AvgIpc) is 2.72. The lowest BCUT2D eigenvalue weighted by Crippen LogP contribution is -2.37. The monoisotopic (exact) mass is 455 g/mol. The highest BCUT2D eigenvalue weighted by Gasteiger charge is 2.21. The summed E-state index contributed by atoms with van der Waals surface area (Å²) in [5.74, 6) is -0.408. The second-order valence-electron chi connectivity index (χ2n) is 9.36. The normalized spacial score (nSPS) is 13.2. The van der Waals surface area contributed by atoms with Gasteiger partial charge in [0, 0.05) is 29.0 Å². The number of nitrogens with one attached hydrogen (secondary N) is 2. The third kappa shape index (κ3) is 7.80. The Labute approximate surface area is 195 Å². The van der Waals surface area contributed by atoms with Gasteiger partial charge in [-0.25, -0.2) is 0 Å². The van der Waals surface area contributed by atoms with Crippen LogP contribution < -0.4 is 16.4 Å². The van der Waals surface area contributed by atoms with Gasteiger partial charge >= 0.3 is 0 Å². The van der Waals surface area contributed by atoms with Crippen molar-refractivity contribution in [1.82, 2.24) is 0 Å². The summed E-state index contributed by atoms with van der Waals surface area (Å²) in [6.45, 7) is 8.48. The van der Waals surface area contributed by atoms with Gasteiger partial charge in [0.2, 0.25) is 11.8 Å². The molecule has 32 heavy (non-hydrogen) atoms. The number of nitrogens with two attached hydrogens (primary N) is 1. The molecule has 6 nitrogen and oxygen atoms in total. The largest absolute Gasteiger partial charge is 0.325 e. The van der Waals surface area contributed by atoms with Crippen molar-refractivity contribution in [2.24, 2.45) is 17.1 Å². The number of ketones is 1. The van der Waals surface area contributed by atoms with Crippen LogP contribution in [0.1, 0.15) is 56.5 Å². The fourth-order valence-electron chi connectivity index (χ4n) is 3.62. The van der Waals surface area contributed by atoms with Gasteiger partial charge in [-0.15, -0.1) is 0 Å². The molecule has 0 aliphatic rings. The quantitative estimate of drug-likeness (QED) is 0.330. The molecule has 0 aliphatic heterocycles. The van der Waals surface area contributed by atoms with E-state index in [1.165, 1.54) is 0 Å². The summed E-state index contributed by atoms with van der Waals surface area (Å²) in [6.07, 6.45) is 1.26. The first-order valence-corrected chi connectivity index (χ1v) is 11.3. The van der Waals surface area contributed by atoms with E-state index in [9.17, 15) is 14.4 Å². The summed E-state index contributed by atoms with van der Waals surface area (Å²) < 4.78 is 0. The first-order valence-electron chi connectivity index (χ1n) is 10.7. The Morgan fingerprint density at radius 2 is 1.69 bits per heavy atom. The number of carbonyl (C=O) groups is 3. The van der Waals surface area contributed by atoms with E-state index in [2.05, 4.69) is 44.0 Å². The summed E-state index contributed by atoms with van der Waals surface area (Å²) in [4.78, 5) is 38.0. The fourth-order valence-corrected chi connectivity index (χ4v) is 3.78. The van der Waals surface area contributed by atoms with Crippen LogP contribution in [0.3, 0.4) is 0 Å². The fraction of sp³-hybridized carbons (Fsp3) is 0.400. The summed E-state index contributed by atoms with van der Waals surface area (Å²) in [5.41, 5.74) is 7.46. The molecule has 7 heteroatoms. The van der Waals surface area contributed by atoms with E-state index in [4.69, 9.17) is 5.73 Å². The summed E-state index contributed by atoms with van der Waals surface area (Å²) in [7, 11) is 0. The van der Waals surface area contributed by atoms with Gasteiger partial charge in [0.1, 0.15) is 0 Å². The Bertz CT molecular complexity index is 955. The van der Waals surface area contributed by atoms with Crippen LogP contribution in [0.4, 0.5) is 11.4 Å². The number of amides is 2. The minimum absolute atomic E-state index is 0.127. The predicted molar refractivity (Wildman–Crippen MR) is 133 cm³/mol. The molecule has 4 N–H and O–H groups in total. The maximum atomic E-state index is 13.2. The van der Waals surface area contributed by atoms with Crippen LogP contribution >= 0.6 is 12.6 Å². The molecule has 0 spiro atoms. The van der Waals surface area contributed by atoms with Crippen molar-refractivity contribution in [2.75, 3.05) is 16.4 Å². The molecule has 2 aromatic carbocycles. The van der Waals surface area contributed by atoms with Gasteiger partial charge in [0.05, 0.1) is 11.7 Å². The summed E-state index contributed by atoms with van der Waals surface area (Å²) >= 11 is 4.04. The van der Waals surface area contributed by atoms with Gasteiger partial charge in [-0.2, -0.15) is 12.6 Å². The van der Waals surface area contributed by atoms with Crippen LogP contribution in [0, 0.1) is 11.3 Å². The van der Waals surface area contributed by atoms with Crippen molar-refractivity contribution in [1.29, 1.82) is 0 Å². The van der Waals surface area contributed by atoms with Crippen molar-refractivity contribution in [3.05, 3.63) is 59.7 Å². The highest BCUT2D eigenvalue weighted by Crippen LogP contribution is 2.28. The van der Waals surface area contributed by atoms with Crippen molar-refractivity contribution in [3.8, 4) is 0 Å². The SMILES string of the molecule is CC(CC(=O)Nc1ccc(NC(=O)[C@@H](N)CS)cc1C(=O)c1ccccc1)CC(C)(C)C. The van der Waals surface area contributed by atoms with Crippen LogP contribution in [-0.4, -0.2) is 29.4 Å². The van der Waals surface area contributed by atoms with E-state index in [1.807, 2.05) is 13.0 Å². The molecule has 0 aromatic heterocycles. The molecule has 0 fully saturated rings. The number of thiol groups is 1. The second kappa shape index (κ2) is 11.3. The first kappa shape index (κ1) is 25.6. The average molecular weight is 456 g/mol. The maximum absolute atomic E-state index is 13.2. The van der Waals surface area contributed by atoms with E-state index in [1.54, 1.807) is 42.5 Å². The van der Waals surface area contributed by atoms with Gasteiger partial charge in [-0.3, -0.25) is 14.4 Å². The molecule has 2 aromatic rings. The minimum atomic E-state index is -0.768. The zero-order chi connectivity index (χ0) is 23.9. The van der Waals surface area contributed by atoms with Gasteiger partial charge in [0.25, 0.3) is 0 Å². The van der Waals surface area contributed by atoms with E-state index in [0.29, 0.717) is 28.9 Å². The third-order valence-corrected chi connectivity index (χ3v) is 5.26. The van der Waals surface area contributed by atoms with Gasteiger partial charge < -0.3 is 16.4 Å². The first-order chi connectivity index (χ1) is 15.0. The lowest BCUT2D eigenvalue weighted by Gasteiger charge is -2.23. The number of hydrogen-bond donors (Lipinski definition) is 4. The molecule has 0 heterocycles. The zero-order valence-corrected chi connectivity index (χ0v) is 20.0. The molecule has 172 valence electrons. The Balaban J connectivity index is 2.29. The minimum Gasteiger partial charge on any atom is -0.325 e. The maximum Gasteiger partial charge on any atom is 0.242 e. The number of anilines is 2. The zero-order valence-electron chi connectivity index (χ0n) is 19.1. The smallest absolute Gasteiger partial charge is 0.242 e. The Kier molecular flexibility index (Phi) is 9.04. The number of carbonyl (C=O) groups excluding carboxylic acids is 3. The Hall–Kier alpha value is -2.64. The molecular formula is C25H33N3O3S.